The summed E-state index contributed by atoms with van der Waals surface area (Å²) in [4.78, 5) is 10.1. The Hall–Kier alpha value is -1.35. The molecule has 0 aromatic heterocycles. The smallest absolute Gasteiger partial charge is 0.150 e. The molecule has 3 heteroatoms. The van der Waals surface area contributed by atoms with Gasteiger partial charge in [-0.05, 0) is 45.0 Å². The van der Waals surface area contributed by atoms with Crippen molar-refractivity contribution >= 4 is 12.0 Å². The van der Waals surface area contributed by atoms with Crippen LogP contribution >= 0.6 is 0 Å². The molecule has 3 nitrogen and oxygen atoms in total. The van der Waals surface area contributed by atoms with Gasteiger partial charge in [0.2, 0.25) is 0 Å². The van der Waals surface area contributed by atoms with Crippen LogP contribution in [0.25, 0.3) is 0 Å². The third kappa shape index (κ3) is 7.70. The number of benzene rings is 1. The number of anilines is 1. The fourth-order valence-corrected chi connectivity index (χ4v) is 0.575. The van der Waals surface area contributed by atoms with Crippen LogP contribution in [0.3, 0.4) is 0 Å². The van der Waals surface area contributed by atoms with E-state index in [1.807, 2.05) is 20.8 Å². The van der Waals surface area contributed by atoms with Crippen molar-refractivity contribution in [1.82, 2.24) is 0 Å². The lowest BCUT2D eigenvalue weighted by molar-refractivity contribution is 0.0397. The molecular formula is C12H19NO2. The summed E-state index contributed by atoms with van der Waals surface area (Å²) in [5.74, 6) is 0. The van der Waals surface area contributed by atoms with Gasteiger partial charge in [0.05, 0.1) is 5.60 Å². The molecule has 84 valence electrons. The fraction of sp³-hybridized carbons (Fsp3) is 0.417. The summed E-state index contributed by atoms with van der Waals surface area (Å²) in [5.41, 5.74) is 6.74. The Morgan fingerprint density at radius 2 is 1.60 bits per heavy atom. The summed E-state index contributed by atoms with van der Waals surface area (Å²) in [6.45, 7) is 6.06. The summed E-state index contributed by atoms with van der Waals surface area (Å²) in [6.07, 6.45) is 0.791. The number of aldehydes is 1. The van der Waals surface area contributed by atoms with E-state index in [0.717, 1.165) is 6.29 Å². The molecule has 1 aromatic carbocycles. The van der Waals surface area contributed by atoms with Crippen LogP contribution in [0.5, 0.6) is 0 Å². The molecule has 0 heterocycles. The molecule has 0 aliphatic rings. The number of carbonyl (C=O) groups excluding carboxylic acids is 1. The third-order valence-electron chi connectivity index (χ3n) is 1.68. The lowest BCUT2D eigenvalue weighted by Crippen LogP contribution is -2.15. The first-order valence-electron chi connectivity index (χ1n) is 4.75. The number of rotatable bonds is 1. The number of hydrogen-bond acceptors (Lipinski definition) is 3. The molecule has 0 radical (unpaired) electrons. The molecule has 15 heavy (non-hydrogen) atoms. The van der Waals surface area contributed by atoms with Gasteiger partial charge in [0.15, 0.2) is 0 Å². The summed E-state index contributed by atoms with van der Waals surface area (Å²) >= 11 is 0. The van der Waals surface area contributed by atoms with Crippen LogP contribution in [0.2, 0.25) is 0 Å². The summed E-state index contributed by atoms with van der Waals surface area (Å²) < 4.78 is 4.94. The Morgan fingerprint density at radius 3 is 1.87 bits per heavy atom. The van der Waals surface area contributed by atoms with E-state index < -0.39 is 0 Å². The second kappa shape index (κ2) is 6.19. The van der Waals surface area contributed by atoms with Crippen LogP contribution < -0.4 is 5.73 Å². The maximum atomic E-state index is 10.1. The Balaban J connectivity index is 0.000000288. The topological polar surface area (TPSA) is 52.3 Å². The van der Waals surface area contributed by atoms with Crippen LogP contribution in [0.4, 0.5) is 5.69 Å². The number of nitrogens with two attached hydrogens (primary N) is 1. The predicted octanol–water partition coefficient (Wildman–Crippen LogP) is 2.51. The fourth-order valence-electron chi connectivity index (χ4n) is 0.575. The van der Waals surface area contributed by atoms with Crippen molar-refractivity contribution in [3.8, 4) is 0 Å². The molecule has 0 amide bonds. The summed E-state index contributed by atoms with van der Waals surface area (Å²) in [7, 11) is 1.71. The second-order valence-corrected chi connectivity index (χ2v) is 4.10. The zero-order chi connectivity index (χ0) is 11.9. The van der Waals surface area contributed by atoms with Gasteiger partial charge in [0.25, 0.3) is 0 Å². The minimum atomic E-state index is 0.0417. The van der Waals surface area contributed by atoms with Crippen molar-refractivity contribution in [2.24, 2.45) is 0 Å². The van der Waals surface area contributed by atoms with Crippen molar-refractivity contribution in [3.63, 3.8) is 0 Å². The molecular weight excluding hydrogens is 190 g/mol. The lowest BCUT2D eigenvalue weighted by atomic mass is 10.2. The van der Waals surface area contributed by atoms with Gasteiger partial charge >= 0.3 is 0 Å². The van der Waals surface area contributed by atoms with Crippen molar-refractivity contribution in [2.75, 3.05) is 12.8 Å². The molecule has 0 aliphatic carbocycles. The highest BCUT2D eigenvalue weighted by Gasteiger charge is 2.03. The van der Waals surface area contributed by atoms with E-state index in [2.05, 4.69) is 0 Å². The van der Waals surface area contributed by atoms with Gasteiger partial charge in [-0.2, -0.15) is 0 Å². The van der Waals surface area contributed by atoms with Crippen molar-refractivity contribution in [2.45, 2.75) is 26.4 Å². The van der Waals surface area contributed by atoms with Crippen LogP contribution in [-0.2, 0) is 4.74 Å². The monoisotopic (exact) mass is 209 g/mol. The highest BCUT2D eigenvalue weighted by atomic mass is 16.5. The largest absolute Gasteiger partial charge is 0.399 e. The highest BCUT2D eigenvalue weighted by Crippen LogP contribution is 2.02. The van der Waals surface area contributed by atoms with Gasteiger partial charge in [0.1, 0.15) is 6.29 Å². The number of ether oxygens (including phenoxy) is 1. The first-order valence-corrected chi connectivity index (χ1v) is 4.75. The maximum Gasteiger partial charge on any atom is 0.150 e. The van der Waals surface area contributed by atoms with E-state index in [9.17, 15) is 4.79 Å². The Bertz CT molecular complexity index is 285. The summed E-state index contributed by atoms with van der Waals surface area (Å²) in [6, 6.07) is 6.76. The SMILES string of the molecule is COC(C)(C)C.Nc1ccc(C=O)cc1. The molecule has 1 aromatic rings. The number of carbonyl (C=O) groups is 1. The zero-order valence-corrected chi connectivity index (χ0v) is 9.78. The third-order valence-corrected chi connectivity index (χ3v) is 1.68. The van der Waals surface area contributed by atoms with E-state index in [1.54, 1.807) is 31.4 Å². The van der Waals surface area contributed by atoms with Gasteiger partial charge in [-0.15, -0.1) is 0 Å². The molecule has 0 atom stereocenters. The minimum Gasteiger partial charge on any atom is -0.399 e. The first-order chi connectivity index (χ1) is 6.89. The quantitative estimate of drug-likeness (QED) is 0.571. The lowest BCUT2D eigenvalue weighted by Gasteiger charge is -2.14. The standard InChI is InChI=1S/C7H7NO.C5H12O/c8-7-3-1-6(5-9)2-4-7;1-5(2,3)6-4/h1-5H,8H2;1-4H3. The Kier molecular flexibility index (Phi) is 5.64. The number of methoxy groups -OCH3 is 1. The van der Waals surface area contributed by atoms with Crippen LogP contribution in [-0.4, -0.2) is 19.0 Å². The number of nitrogen functional groups attached to an aromatic ring is 1. The van der Waals surface area contributed by atoms with Gasteiger partial charge in [0, 0.05) is 18.4 Å². The molecule has 0 unspecified atom stereocenters. The van der Waals surface area contributed by atoms with Crippen LogP contribution in [0.15, 0.2) is 24.3 Å². The molecule has 0 saturated carbocycles. The zero-order valence-electron chi connectivity index (χ0n) is 9.78. The molecule has 2 N–H and O–H groups in total. The minimum absolute atomic E-state index is 0.0417. The van der Waals surface area contributed by atoms with Gasteiger partial charge in [-0.3, -0.25) is 4.79 Å². The highest BCUT2D eigenvalue weighted by molar-refractivity contribution is 5.75. The summed E-state index contributed by atoms with van der Waals surface area (Å²) in [5, 5.41) is 0. The average Bonchev–Trinajstić information content (AvgIpc) is 2.19. The normalized spacial score (nSPS) is 10.1. The van der Waals surface area contributed by atoms with Crippen LogP contribution in [0.1, 0.15) is 31.1 Å². The van der Waals surface area contributed by atoms with E-state index >= 15 is 0 Å². The molecule has 0 spiro atoms. The van der Waals surface area contributed by atoms with E-state index in [4.69, 9.17) is 10.5 Å². The molecule has 0 saturated heterocycles. The van der Waals surface area contributed by atoms with E-state index in [0.29, 0.717) is 11.3 Å². The molecule has 0 aliphatic heterocycles. The number of hydrogen-bond donors (Lipinski definition) is 1. The van der Waals surface area contributed by atoms with Crippen molar-refractivity contribution < 1.29 is 9.53 Å². The van der Waals surface area contributed by atoms with Gasteiger partial charge < -0.3 is 10.5 Å². The maximum absolute atomic E-state index is 10.1. The second-order valence-electron chi connectivity index (χ2n) is 4.10. The van der Waals surface area contributed by atoms with Crippen LogP contribution in [0, 0.1) is 0 Å². The Morgan fingerprint density at radius 1 is 1.20 bits per heavy atom. The van der Waals surface area contributed by atoms with Gasteiger partial charge in [-0.25, -0.2) is 0 Å². The first kappa shape index (κ1) is 13.7. The van der Waals surface area contributed by atoms with Crippen molar-refractivity contribution in [3.05, 3.63) is 29.8 Å². The molecule has 0 bridgehead atoms. The predicted molar refractivity (Wildman–Crippen MR) is 63.0 cm³/mol. The Labute approximate surface area is 91.2 Å². The van der Waals surface area contributed by atoms with E-state index in [1.165, 1.54) is 0 Å². The van der Waals surface area contributed by atoms with Gasteiger partial charge in [-0.1, -0.05) is 0 Å². The average molecular weight is 209 g/mol. The molecule has 1 rings (SSSR count). The molecule has 0 fully saturated rings. The van der Waals surface area contributed by atoms with E-state index in [-0.39, 0.29) is 5.60 Å². The van der Waals surface area contributed by atoms with Crippen molar-refractivity contribution in [1.29, 1.82) is 0 Å².